The van der Waals surface area contributed by atoms with Crippen molar-refractivity contribution >= 4 is 39.1 Å². The summed E-state index contributed by atoms with van der Waals surface area (Å²) in [6.07, 6.45) is 1.11. The molecule has 4 N–H and O–H groups in total. The van der Waals surface area contributed by atoms with Crippen LogP contribution in [-0.4, -0.2) is 39.6 Å². The molecule has 0 aliphatic heterocycles. The van der Waals surface area contributed by atoms with Crippen LogP contribution >= 0.6 is 0 Å². The van der Waals surface area contributed by atoms with Crippen LogP contribution in [-0.2, 0) is 21.8 Å². The van der Waals surface area contributed by atoms with Crippen LogP contribution in [0.25, 0.3) is 0 Å². The number of nitrogens with one attached hydrogen (secondary N) is 2. The molecule has 210 valence electrons. The summed E-state index contributed by atoms with van der Waals surface area (Å²) < 4.78 is 24.0. The lowest BCUT2D eigenvalue weighted by molar-refractivity contribution is 0.0976. The normalized spacial score (nSPS) is 12.3. The zero-order valence-electron chi connectivity index (χ0n) is 23.0. The average Bonchev–Trinajstić information content (AvgIpc) is 2.91. The zero-order valence-corrected chi connectivity index (χ0v) is 23.9. The van der Waals surface area contributed by atoms with Gasteiger partial charge in [-0.25, -0.2) is 13.2 Å². The van der Waals surface area contributed by atoms with Crippen molar-refractivity contribution < 1.29 is 18.0 Å². The van der Waals surface area contributed by atoms with Crippen LogP contribution < -0.4 is 21.4 Å². The molecule has 0 fully saturated rings. The first-order chi connectivity index (χ1) is 18.8. The van der Waals surface area contributed by atoms with Gasteiger partial charge < -0.3 is 11.2 Å². The largest absolute Gasteiger partial charge is 0.326 e. The number of sulfone groups is 1. The van der Waals surface area contributed by atoms with Crippen molar-refractivity contribution in [2.75, 3.05) is 23.5 Å². The maximum atomic E-state index is 13.5. The molecule has 0 aromatic heterocycles. The lowest BCUT2D eigenvalue weighted by atomic mass is 9.87. The minimum absolute atomic E-state index is 0.0684. The number of anilines is 2. The second-order valence-electron chi connectivity index (χ2n) is 10.0. The van der Waals surface area contributed by atoms with E-state index in [2.05, 4.69) is 46.7 Å². The topological polar surface area (TPSA) is 159 Å². The minimum atomic E-state index is -3.45. The number of nitrogens with two attached hydrogens (primary N) is 1. The van der Waals surface area contributed by atoms with E-state index in [1.54, 1.807) is 36.4 Å². The number of amides is 3. The van der Waals surface area contributed by atoms with E-state index in [-0.39, 0.29) is 22.8 Å². The Bertz CT molecular complexity index is 1530. The van der Waals surface area contributed by atoms with Gasteiger partial charge in [0.25, 0.3) is 11.9 Å². The Hall–Kier alpha value is -4.58. The minimum Gasteiger partial charge on any atom is -0.320 e. The summed E-state index contributed by atoms with van der Waals surface area (Å²) in [5.74, 6) is 4.61. The van der Waals surface area contributed by atoms with E-state index in [0.717, 1.165) is 17.4 Å². The lowest BCUT2D eigenvalue weighted by Gasteiger charge is -2.25. The van der Waals surface area contributed by atoms with Gasteiger partial charge in [-0.05, 0) is 59.0 Å². The standard InChI is InChI=1S/C28H33N7O4S/c1-28(2,3)21-13-15-23(16-14-21)35(27(37)31-22-7-6-8-24(17-22)40(5,38)39)18-19-9-11-20(12-10-19)25(36)32-26(33-29)34-30-4/h6-17H,18,29H2,1-5H3,(H,31,37)(H,32,33,36). The van der Waals surface area contributed by atoms with Crippen molar-refractivity contribution in [2.45, 2.75) is 37.6 Å². The van der Waals surface area contributed by atoms with Crippen molar-refractivity contribution in [3.63, 3.8) is 0 Å². The van der Waals surface area contributed by atoms with Gasteiger partial charge in [-0.3, -0.25) is 15.0 Å². The van der Waals surface area contributed by atoms with Crippen LogP contribution in [0.1, 0.15) is 42.3 Å². The molecule has 0 saturated heterocycles. The molecule has 0 aliphatic carbocycles. The van der Waals surface area contributed by atoms with E-state index < -0.39 is 21.8 Å². The molecule has 12 heteroatoms. The predicted molar refractivity (Wildman–Crippen MR) is 156 cm³/mol. The van der Waals surface area contributed by atoms with Crippen molar-refractivity contribution in [3.05, 3.63) is 89.5 Å². The summed E-state index contributed by atoms with van der Waals surface area (Å²) in [5.41, 5.74) is 3.10. The number of azo groups is 1. The summed E-state index contributed by atoms with van der Waals surface area (Å²) in [7, 11) is -2.02. The molecule has 0 saturated carbocycles. The molecule has 0 unspecified atom stereocenters. The fourth-order valence-corrected chi connectivity index (χ4v) is 4.38. The Morgan fingerprint density at radius 1 is 0.975 bits per heavy atom. The highest BCUT2D eigenvalue weighted by Gasteiger charge is 2.20. The van der Waals surface area contributed by atoms with Crippen molar-refractivity contribution in [3.8, 4) is 0 Å². The van der Waals surface area contributed by atoms with Crippen LogP contribution in [0.3, 0.4) is 0 Å². The van der Waals surface area contributed by atoms with Gasteiger partial charge in [0.15, 0.2) is 9.84 Å². The predicted octanol–water partition coefficient (Wildman–Crippen LogP) is 4.67. The van der Waals surface area contributed by atoms with Crippen LogP contribution in [0.2, 0.25) is 0 Å². The van der Waals surface area contributed by atoms with E-state index in [9.17, 15) is 18.0 Å². The zero-order chi connectivity index (χ0) is 29.5. The van der Waals surface area contributed by atoms with Crippen molar-refractivity contribution in [2.24, 2.45) is 21.2 Å². The van der Waals surface area contributed by atoms with Crippen molar-refractivity contribution in [1.82, 2.24) is 5.32 Å². The molecule has 0 bridgehead atoms. The number of urea groups is 1. The number of carbonyl (C=O) groups excluding carboxylic acids is 2. The molecule has 11 nitrogen and oxygen atoms in total. The van der Waals surface area contributed by atoms with Gasteiger partial charge >= 0.3 is 6.03 Å². The molecule has 0 heterocycles. The fourth-order valence-electron chi connectivity index (χ4n) is 3.71. The average molecular weight is 564 g/mol. The molecule has 3 rings (SSSR count). The molecule has 3 amide bonds. The molecular formula is C28H33N7O4S. The third-order valence-corrected chi connectivity index (χ3v) is 7.01. The van der Waals surface area contributed by atoms with E-state index in [0.29, 0.717) is 16.9 Å². The van der Waals surface area contributed by atoms with Crippen LogP contribution in [0.4, 0.5) is 16.2 Å². The van der Waals surface area contributed by atoms with E-state index in [1.807, 2.05) is 24.3 Å². The van der Waals surface area contributed by atoms with Crippen LogP contribution in [0, 0.1) is 0 Å². The molecule has 0 spiro atoms. The first-order valence-electron chi connectivity index (χ1n) is 12.3. The summed E-state index contributed by atoms with van der Waals surface area (Å²) in [6, 6.07) is 20.0. The number of carbonyl (C=O) groups is 2. The van der Waals surface area contributed by atoms with Gasteiger partial charge in [-0.2, -0.15) is 5.11 Å². The van der Waals surface area contributed by atoms with Crippen LogP contribution in [0.15, 0.2) is 93.0 Å². The highest BCUT2D eigenvalue weighted by molar-refractivity contribution is 7.90. The summed E-state index contributed by atoms with van der Waals surface area (Å²) in [5, 5.41) is 15.8. The first-order valence-corrected chi connectivity index (χ1v) is 14.2. The summed E-state index contributed by atoms with van der Waals surface area (Å²) >= 11 is 0. The molecule has 0 aliphatic rings. The number of nitrogens with zero attached hydrogens (tertiary/aromatic N) is 4. The van der Waals surface area contributed by atoms with Gasteiger partial charge in [0, 0.05) is 30.2 Å². The molecule has 40 heavy (non-hydrogen) atoms. The Balaban J connectivity index is 1.89. The molecular weight excluding hydrogens is 530 g/mol. The Morgan fingerprint density at radius 3 is 2.17 bits per heavy atom. The number of hydrazone groups is 1. The Labute approximate surface area is 234 Å². The Kier molecular flexibility index (Phi) is 9.38. The molecule has 0 radical (unpaired) electrons. The summed E-state index contributed by atoms with van der Waals surface area (Å²) in [4.78, 5) is 27.6. The summed E-state index contributed by atoms with van der Waals surface area (Å²) in [6.45, 7) is 6.49. The third-order valence-electron chi connectivity index (χ3n) is 5.90. The molecule has 3 aromatic carbocycles. The second kappa shape index (κ2) is 12.5. The highest BCUT2D eigenvalue weighted by Crippen LogP contribution is 2.27. The number of benzene rings is 3. The maximum Gasteiger partial charge on any atom is 0.326 e. The third kappa shape index (κ3) is 7.96. The smallest absolute Gasteiger partial charge is 0.320 e. The van der Waals surface area contributed by atoms with Crippen molar-refractivity contribution in [1.29, 1.82) is 0 Å². The number of rotatable bonds is 6. The van der Waals surface area contributed by atoms with E-state index in [1.165, 1.54) is 24.1 Å². The van der Waals surface area contributed by atoms with Gasteiger partial charge in [0.05, 0.1) is 11.4 Å². The number of hydrogen-bond donors (Lipinski definition) is 3. The van der Waals surface area contributed by atoms with Gasteiger partial charge in [-0.1, -0.05) is 51.1 Å². The molecule has 3 aromatic rings. The van der Waals surface area contributed by atoms with E-state index >= 15 is 0 Å². The Morgan fingerprint density at radius 2 is 1.62 bits per heavy atom. The SMILES string of the molecule is CN=NC(=NN)NC(=O)c1ccc(CN(C(=O)Nc2cccc(S(C)(=O)=O)c2)c2ccc(C(C)(C)C)cc2)cc1. The fraction of sp³-hybridized carbons (Fsp3) is 0.250. The second-order valence-corrected chi connectivity index (χ2v) is 12.0. The molecule has 0 atom stereocenters. The quantitative estimate of drug-likeness (QED) is 0.131. The van der Waals surface area contributed by atoms with Gasteiger partial charge in [0.1, 0.15) is 0 Å². The number of hydrogen-bond acceptors (Lipinski definition) is 7. The maximum absolute atomic E-state index is 13.5. The number of guanidine groups is 1. The van der Waals surface area contributed by atoms with Crippen LogP contribution in [0.5, 0.6) is 0 Å². The van der Waals surface area contributed by atoms with Gasteiger partial charge in [-0.15, -0.1) is 10.2 Å². The monoisotopic (exact) mass is 563 g/mol. The lowest BCUT2D eigenvalue weighted by Crippen LogP contribution is -2.34. The first kappa shape index (κ1) is 30.0. The van der Waals surface area contributed by atoms with Gasteiger partial charge in [0.2, 0.25) is 0 Å². The highest BCUT2D eigenvalue weighted by atomic mass is 32.2. The van der Waals surface area contributed by atoms with E-state index in [4.69, 9.17) is 5.84 Å².